The molecule has 1 aromatic heterocycles. The lowest BCUT2D eigenvalue weighted by Gasteiger charge is -2.04. The van der Waals surface area contributed by atoms with Crippen molar-refractivity contribution in [2.24, 2.45) is 0 Å². The zero-order valence-electron chi connectivity index (χ0n) is 8.54. The zero-order valence-corrected chi connectivity index (χ0v) is 10.0. The van der Waals surface area contributed by atoms with E-state index in [4.69, 9.17) is 28.9 Å². The maximum absolute atomic E-state index is 5.86. The van der Waals surface area contributed by atoms with E-state index in [1.54, 1.807) is 25.1 Å². The zero-order chi connectivity index (χ0) is 11.7. The summed E-state index contributed by atoms with van der Waals surface area (Å²) in [5, 5.41) is 0.941. The Morgan fingerprint density at radius 3 is 2.50 bits per heavy atom. The summed E-state index contributed by atoms with van der Waals surface area (Å²) >= 11 is 11.7. The fourth-order valence-corrected chi connectivity index (χ4v) is 1.73. The highest BCUT2D eigenvalue weighted by molar-refractivity contribution is 6.33. The topological polar surface area (TPSA) is 51.8 Å². The predicted molar refractivity (Wildman–Crippen MR) is 66.6 cm³/mol. The molecule has 0 saturated carbocycles. The largest absolute Gasteiger partial charge is 0.398 e. The summed E-state index contributed by atoms with van der Waals surface area (Å²) in [4.78, 5) is 8.28. The minimum absolute atomic E-state index is 0.413. The lowest BCUT2D eigenvalue weighted by Crippen LogP contribution is -1.93. The Kier molecular flexibility index (Phi) is 2.99. The Morgan fingerprint density at radius 2 is 1.88 bits per heavy atom. The highest BCUT2D eigenvalue weighted by Gasteiger charge is 2.05. The number of hydrogen-bond donors (Lipinski definition) is 1. The number of anilines is 1. The highest BCUT2D eigenvalue weighted by atomic mass is 35.5. The second kappa shape index (κ2) is 4.28. The summed E-state index contributed by atoms with van der Waals surface area (Å²) < 4.78 is 0. The Bertz CT molecular complexity index is 520. The van der Waals surface area contributed by atoms with Crippen LogP contribution in [0.3, 0.4) is 0 Å². The molecule has 0 aliphatic carbocycles. The van der Waals surface area contributed by atoms with Crippen molar-refractivity contribution < 1.29 is 0 Å². The smallest absolute Gasteiger partial charge is 0.133 e. The van der Waals surface area contributed by atoms with Gasteiger partial charge in [0.1, 0.15) is 11.0 Å². The van der Waals surface area contributed by atoms with Crippen molar-refractivity contribution in [3.8, 4) is 11.3 Å². The van der Waals surface area contributed by atoms with Gasteiger partial charge in [-0.1, -0.05) is 29.3 Å². The van der Waals surface area contributed by atoms with Crippen LogP contribution in [0, 0.1) is 6.92 Å². The third-order valence-corrected chi connectivity index (χ3v) is 2.64. The van der Waals surface area contributed by atoms with Crippen molar-refractivity contribution in [1.82, 2.24) is 9.97 Å². The summed E-state index contributed by atoms with van der Waals surface area (Å²) in [7, 11) is 0. The molecule has 2 N–H and O–H groups in total. The average molecular weight is 254 g/mol. The van der Waals surface area contributed by atoms with Gasteiger partial charge < -0.3 is 5.73 Å². The molecule has 0 spiro atoms. The van der Waals surface area contributed by atoms with Crippen molar-refractivity contribution in [3.05, 3.63) is 40.3 Å². The number of aromatic nitrogens is 2. The molecule has 3 nitrogen and oxygen atoms in total. The molecule has 16 heavy (non-hydrogen) atoms. The minimum atomic E-state index is 0.413. The number of halogens is 2. The number of rotatable bonds is 1. The van der Waals surface area contributed by atoms with Crippen LogP contribution < -0.4 is 5.73 Å². The van der Waals surface area contributed by atoms with E-state index < -0.39 is 0 Å². The quantitative estimate of drug-likeness (QED) is 0.627. The number of benzene rings is 1. The molecule has 82 valence electrons. The van der Waals surface area contributed by atoms with Gasteiger partial charge in [0.15, 0.2) is 0 Å². The Balaban J connectivity index is 2.54. The molecular formula is C11H9Cl2N3. The molecule has 0 unspecified atom stereocenters. The van der Waals surface area contributed by atoms with Crippen LogP contribution in [0.2, 0.25) is 10.2 Å². The molecule has 0 bridgehead atoms. The monoisotopic (exact) mass is 253 g/mol. The molecule has 2 aromatic rings. The van der Waals surface area contributed by atoms with E-state index in [1.807, 2.05) is 6.07 Å². The molecule has 1 heterocycles. The van der Waals surface area contributed by atoms with Crippen LogP contribution in [0.25, 0.3) is 11.3 Å². The van der Waals surface area contributed by atoms with Gasteiger partial charge in [-0.05, 0) is 19.1 Å². The summed E-state index contributed by atoms with van der Waals surface area (Å²) in [5.41, 5.74) is 7.85. The van der Waals surface area contributed by atoms with Gasteiger partial charge in [0.2, 0.25) is 0 Å². The summed E-state index contributed by atoms with van der Waals surface area (Å²) in [6.07, 6.45) is 0. The molecule has 0 amide bonds. The normalized spacial score (nSPS) is 10.4. The first-order valence-electron chi connectivity index (χ1n) is 4.63. The van der Waals surface area contributed by atoms with Gasteiger partial charge in [-0.3, -0.25) is 0 Å². The lowest BCUT2D eigenvalue weighted by molar-refractivity contribution is 1.06. The van der Waals surface area contributed by atoms with E-state index in [2.05, 4.69) is 9.97 Å². The van der Waals surface area contributed by atoms with Crippen molar-refractivity contribution in [1.29, 1.82) is 0 Å². The van der Waals surface area contributed by atoms with E-state index in [-0.39, 0.29) is 0 Å². The van der Waals surface area contributed by atoms with E-state index in [9.17, 15) is 0 Å². The molecule has 0 radical (unpaired) electrons. The maximum atomic E-state index is 5.86. The van der Waals surface area contributed by atoms with E-state index in [0.717, 1.165) is 11.3 Å². The third kappa shape index (κ3) is 2.26. The molecule has 0 saturated heterocycles. The van der Waals surface area contributed by atoms with Gasteiger partial charge in [-0.25, -0.2) is 9.97 Å². The number of hydrogen-bond acceptors (Lipinski definition) is 3. The van der Waals surface area contributed by atoms with Crippen LogP contribution in [0.4, 0.5) is 5.69 Å². The molecule has 5 heteroatoms. The van der Waals surface area contributed by atoms with Crippen LogP contribution in [-0.2, 0) is 0 Å². The summed E-state index contributed by atoms with van der Waals surface area (Å²) in [5.74, 6) is 0.621. The van der Waals surface area contributed by atoms with Crippen LogP contribution in [-0.4, -0.2) is 9.97 Å². The van der Waals surface area contributed by atoms with Crippen LogP contribution in [0.5, 0.6) is 0 Å². The third-order valence-electron chi connectivity index (χ3n) is 2.10. The van der Waals surface area contributed by atoms with E-state index in [1.165, 1.54) is 0 Å². The first-order valence-corrected chi connectivity index (χ1v) is 5.38. The van der Waals surface area contributed by atoms with Crippen LogP contribution in [0.1, 0.15) is 5.82 Å². The molecule has 0 aliphatic rings. The van der Waals surface area contributed by atoms with Crippen molar-refractivity contribution >= 4 is 28.9 Å². The maximum Gasteiger partial charge on any atom is 0.133 e. The first-order chi connectivity index (χ1) is 7.56. The van der Waals surface area contributed by atoms with Gasteiger partial charge in [-0.2, -0.15) is 0 Å². The Labute approximate surface area is 103 Å². The summed E-state index contributed by atoms with van der Waals surface area (Å²) in [6, 6.07) is 7.03. The van der Waals surface area contributed by atoms with E-state index in [0.29, 0.717) is 21.7 Å². The fraction of sp³-hybridized carbons (Fsp3) is 0.0909. The predicted octanol–water partition coefficient (Wildman–Crippen LogP) is 3.34. The van der Waals surface area contributed by atoms with Gasteiger partial charge in [-0.15, -0.1) is 0 Å². The molecule has 2 rings (SSSR count). The van der Waals surface area contributed by atoms with Gasteiger partial charge in [0.25, 0.3) is 0 Å². The molecule has 1 aromatic carbocycles. The summed E-state index contributed by atoms with van der Waals surface area (Å²) in [6.45, 7) is 1.79. The fourth-order valence-electron chi connectivity index (χ4n) is 1.38. The van der Waals surface area contributed by atoms with Gasteiger partial charge >= 0.3 is 0 Å². The Morgan fingerprint density at radius 1 is 1.12 bits per heavy atom. The second-order valence-electron chi connectivity index (χ2n) is 3.36. The molecule has 0 fully saturated rings. The number of nitrogen functional groups attached to an aromatic ring is 1. The standard InChI is InChI=1S/C11H9Cl2N3/c1-6-15-10(5-11(13)16-6)7-2-3-8(12)9(14)4-7/h2-5H,14H2,1H3. The second-order valence-corrected chi connectivity index (χ2v) is 4.15. The SMILES string of the molecule is Cc1nc(Cl)cc(-c2ccc(Cl)c(N)c2)n1. The van der Waals surface area contributed by atoms with Crippen LogP contribution >= 0.6 is 23.2 Å². The number of nitrogens with two attached hydrogens (primary N) is 1. The van der Waals surface area contributed by atoms with Gasteiger partial charge in [0, 0.05) is 11.6 Å². The number of nitrogens with zero attached hydrogens (tertiary/aromatic N) is 2. The van der Waals surface area contributed by atoms with Gasteiger partial charge in [0.05, 0.1) is 16.4 Å². The van der Waals surface area contributed by atoms with Crippen molar-refractivity contribution in [3.63, 3.8) is 0 Å². The van der Waals surface area contributed by atoms with Crippen molar-refractivity contribution in [2.75, 3.05) is 5.73 Å². The van der Waals surface area contributed by atoms with E-state index >= 15 is 0 Å². The number of aryl methyl sites for hydroxylation is 1. The highest BCUT2D eigenvalue weighted by Crippen LogP contribution is 2.26. The first kappa shape index (κ1) is 11.2. The minimum Gasteiger partial charge on any atom is -0.398 e. The molecular weight excluding hydrogens is 245 g/mol. The van der Waals surface area contributed by atoms with Crippen molar-refractivity contribution in [2.45, 2.75) is 6.92 Å². The molecule has 0 aliphatic heterocycles. The lowest BCUT2D eigenvalue weighted by atomic mass is 10.1. The Hall–Kier alpha value is -1.32. The molecule has 0 atom stereocenters. The van der Waals surface area contributed by atoms with Crippen LogP contribution in [0.15, 0.2) is 24.3 Å². The average Bonchev–Trinajstić information content (AvgIpc) is 2.20.